The average Bonchev–Trinajstić information content (AvgIpc) is 2.99. The molecule has 0 saturated heterocycles. The monoisotopic (exact) mass is 678 g/mol. The van der Waals surface area contributed by atoms with E-state index in [0.717, 1.165) is 10.4 Å². The third kappa shape index (κ3) is 8.65. The number of amides is 2. The number of carbonyl (C=O) groups is 2. The number of carbonyl (C=O) groups excluding carboxylic acids is 2. The molecule has 0 radical (unpaired) electrons. The van der Waals surface area contributed by atoms with Gasteiger partial charge in [-0.2, -0.15) is 0 Å². The van der Waals surface area contributed by atoms with E-state index in [2.05, 4.69) is 5.32 Å². The maximum absolute atomic E-state index is 14.3. The van der Waals surface area contributed by atoms with Gasteiger partial charge in [-0.1, -0.05) is 68.2 Å². The summed E-state index contributed by atoms with van der Waals surface area (Å²) in [6.07, 6.45) is 0.220. The van der Waals surface area contributed by atoms with Crippen molar-refractivity contribution < 1.29 is 27.7 Å². The molecule has 2 amide bonds. The molecule has 1 N–H and O–H groups in total. The fourth-order valence-electron chi connectivity index (χ4n) is 4.60. The molecule has 0 aromatic heterocycles. The largest absolute Gasteiger partial charge is 0.495 e. The van der Waals surface area contributed by atoms with E-state index in [0.29, 0.717) is 17.1 Å². The van der Waals surface area contributed by atoms with E-state index in [-0.39, 0.29) is 40.9 Å². The number of nitro benzene ring substituents is 1. The first-order chi connectivity index (χ1) is 21.2. The van der Waals surface area contributed by atoms with Crippen molar-refractivity contribution >= 4 is 56.4 Å². The van der Waals surface area contributed by atoms with Crippen molar-refractivity contribution in [2.75, 3.05) is 24.5 Å². The number of methoxy groups -OCH3 is 1. The maximum Gasteiger partial charge on any atom is 0.273 e. The van der Waals surface area contributed by atoms with Crippen LogP contribution in [0.25, 0.3) is 0 Å². The third-order valence-electron chi connectivity index (χ3n) is 7.02. The highest BCUT2D eigenvalue weighted by Gasteiger charge is 2.36. The lowest BCUT2D eigenvalue weighted by molar-refractivity contribution is -0.385. The lowest BCUT2D eigenvalue weighted by Gasteiger charge is -2.33. The Balaban J connectivity index is 2.19. The number of rotatable bonds is 14. The van der Waals surface area contributed by atoms with Gasteiger partial charge in [0.2, 0.25) is 11.8 Å². The molecule has 0 aliphatic carbocycles. The van der Waals surface area contributed by atoms with Crippen LogP contribution in [0.1, 0.15) is 38.3 Å². The van der Waals surface area contributed by atoms with Crippen LogP contribution in [0.15, 0.2) is 65.6 Å². The fraction of sp³-hybridized carbons (Fsp3) is 0.355. The van der Waals surface area contributed by atoms with Gasteiger partial charge in [0.05, 0.1) is 22.6 Å². The zero-order chi connectivity index (χ0) is 33.5. The van der Waals surface area contributed by atoms with Gasteiger partial charge in [0.25, 0.3) is 15.7 Å². The zero-order valence-electron chi connectivity index (χ0n) is 25.6. The third-order valence-corrected chi connectivity index (χ3v) is 9.38. The summed E-state index contributed by atoms with van der Waals surface area (Å²) in [5, 5.41) is 15.0. The molecule has 0 fully saturated rings. The number of ether oxygens (including phenoxy) is 1. The SMILES string of the molecule is CC[C@@H](C(=O)NCC(C)C)N(Cc1ccccc1Cl)C(=O)CN(c1cc(Cl)ccc1OC)S(=O)(=O)c1ccc(C)c([N+](=O)[O-])c1. The Morgan fingerprint density at radius 1 is 1.07 bits per heavy atom. The van der Waals surface area contributed by atoms with E-state index in [1.807, 2.05) is 13.8 Å². The minimum atomic E-state index is -4.64. The second-order valence-corrected chi connectivity index (χ2v) is 13.4. The summed E-state index contributed by atoms with van der Waals surface area (Å²) in [6.45, 7) is 6.58. The molecule has 0 heterocycles. The van der Waals surface area contributed by atoms with Crippen LogP contribution in [0.4, 0.5) is 11.4 Å². The van der Waals surface area contributed by atoms with Crippen LogP contribution in [-0.2, 0) is 26.2 Å². The predicted octanol–water partition coefficient (Wildman–Crippen LogP) is 5.99. The number of nitrogens with zero attached hydrogens (tertiary/aromatic N) is 3. The first-order valence-corrected chi connectivity index (χ1v) is 16.3. The van der Waals surface area contributed by atoms with Crippen LogP contribution < -0.4 is 14.4 Å². The fourth-order valence-corrected chi connectivity index (χ4v) is 6.40. The number of benzene rings is 3. The average molecular weight is 680 g/mol. The van der Waals surface area contributed by atoms with Crippen LogP contribution in [-0.4, -0.2) is 56.3 Å². The number of sulfonamides is 1. The highest BCUT2D eigenvalue weighted by molar-refractivity contribution is 7.92. The molecule has 0 spiro atoms. The van der Waals surface area contributed by atoms with E-state index < -0.39 is 49.9 Å². The minimum absolute atomic E-state index is 0.0726. The van der Waals surface area contributed by atoms with Gasteiger partial charge < -0.3 is 15.0 Å². The van der Waals surface area contributed by atoms with E-state index in [1.54, 1.807) is 31.2 Å². The van der Waals surface area contributed by atoms with Crippen molar-refractivity contribution in [3.05, 3.63) is 92.0 Å². The Labute approximate surface area is 273 Å². The van der Waals surface area contributed by atoms with Gasteiger partial charge in [-0.05, 0) is 55.2 Å². The van der Waals surface area contributed by atoms with Crippen LogP contribution in [0, 0.1) is 23.0 Å². The quantitative estimate of drug-likeness (QED) is 0.163. The molecular formula is C31H36Cl2N4O7S. The number of halogens is 2. The van der Waals surface area contributed by atoms with Crippen molar-refractivity contribution in [3.8, 4) is 5.75 Å². The van der Waals surface area contributed by atoms with Crippen LogP contribution in [0.5, 0.6) is 5.75 Å². The number of nitrogens with one attached hydrogen (secondary N) is 1. The summed E-state index contributed by atoms with van der Waals surface area (Å²) in [6, 6.07) is 13.6. The van der Waals surface area contributed by atoms with E-state index >= 15 is 0 Å². The molecule has 0 bridgehead atoms. The highest BCUT2D eigenvalue weighted by Crippen LogP contribution is 2.36. The summed E-state index contributed by atoms with van der Waals surface area (Å²) in [4.78, 5) is 39.5. The number of nitro groups is 1. The van der Waals surface area contributed by atoms with Crippen LogP contribution >= 0.6 is 23.2 Å². The molecule has 3 rings (SSSR count). The molecule has 1 atom stereocenters. The molecule has 14 heteroatoms. The molecule has 45 heavy (non-hydrogen) atoms. The molecule has 242 valence electrons. The predicted molar refractivity (Wildman–Crippen MR) is 174 cm³/mol. The second-order valence-electron chi connectivity index (χ2n) is 10.7. The van der Waals surface area contributed by atoms with Crippen molar-refractivity contribution in [2.24, 2.45) is 5.92 Å². The van der Waals surface area contributed by atoms with E-state index in [9.17, 15) is 28.1 Å². The number of aryl methyl sites for hydroxylation is 1. The Kier molecular flexibility index (Phi) is 12.2. The van der Waals surface area contributed by atoms with Crippen LogP contribution in [0.2, 0.25) is 10.0 Å². The highest BCUT2D eigenvalue weighted by atomic mass is 35.5. The Hall–Kier alpha value is -3.87. The van der Waals surface area contributed by atoms with Gasteiger partial charge >= 0.3 is 0 Å². The molecule has 0 saturated carbocycles. The smallest absolute Gasteiger partial charge is 0.273 e. The topological polar surface area (TPSA) is 139 Å². The van der Waals surface area contributed by atoms with Gasteiger partial charge in [-0.15, -0.1) is 0 Å². The van der Waals surface area contributed by atoms with Crippen molar-refractivity contribution in [3.63, 3.8) is 0 Å². The van der Waals surface area contributed by atoms with Gasteiger partial charge in [-0.25, -0.2) is 8.42 Å². The zero-order valence-corrected chi connectivity index (χ0v) is 27.9. The minimum Gasteiger partial charge on any atom is -0.495 e. The molecular weight excluding hydrogens is 643 g/mol. The number of hydrogen-bond donors (Lipinski definition) is 1. The Morgan fingerprint density at radius 3 is 2.36 bits per heavy atom. The Morgan fingerprint density at radius 2 is 1.76 bits per heavy atom. The first kappa shape index (κ1) is 35.6. The lowest BCUT2D eigenvalue weighted by Crippen LogP contribution is -2.52. The van der Waals surface area contributed by atoms with E-state index in [1.165, 1.54) is 49.3 Å². The molecule has 0 aliphatic rings. The van der Waals surface area contributed by atoms with Gasteiger partial charge in [0.1, 0.15) is 18.3 Å². The van der Waals surface area contributed by atoms with Crippen molar-refractivity contribution in [2.45, 2.75) is 51.6 Å². The van der Waals surface area contributed by atoms with Crippen molar-refractivity contribution in [1.29, 1.82) is 0 Å². The van der Waals surface area contributed by atoms with E-state index in [4.69, 9.17) is 27.9 Å². The molecule has 3 aromatic rings. The first-order valence-electron chi connectivity index (χ1n) is 14.1. The Bertz CT molecular complexity index is 1670. The number of hydrogen-bond acceptors (Lipinski definition) is 7. The maximum atomic E-state index is 14.3. The molecule has 0 unspecified atom stereocenters. The van der Waals surface area contributed by atoms with Gasteiger partial charge in [0.15, 0.2) is 0 Å². The lowest BCUT2D eigenvalue weighted by atomic mass is 10.1. The molecule has 3 aromatic carbocycles. The standard InChI is InChI=1S/C31H36Cl2N4O7S/c1-6-26(31(39)34-17-20(2)3)35(18-22-9-7-8-10-25(22)33)30(38)19-36(28-15-23(32)12-14-29(28)44-5)45(42,43)24-13-11-21(4)27(16-24)37(40)41/h7-16,20,26H,6,17-19H2,1-5H3,(H,34,39)/t26-/m0/s1. The van der Waals surface area contributed by atoms with Crippen LogP contribution in [0.3, 0.4) is 0 Å². The molecule has 0 aliphatic heterocycles. The summed E-state index contributed by atoms with van der Waals surface area (Å²) in [5.74, 6) is -0.908. The normalized spacial score (nSPS) is 12.0. The van der Waals surface area contributed by atoms with Gasteiger partial charge in [0, 0.05) is 34.8 Å². The van der Waals surface area contributed by atoms with Gasteiger partial charge in [-0.3, -0.25) is 24.0 Å². The number of anilines is 1. The summed E-state index contributed by atoms with van der Waals surface area (Å²) < 4.78 is 34.7. The molecule has 11 nitrogen and oxygen atoms in total. The van der Waals surface area contributed by atoms with Crippen molar-refractivity contribution in [1.82, 2.24) is 10.2 Å². The summed E-state index contributed by atoms with van der Waals surface area (Å²) in [7, 11) is -3.32. The summed E-state index contributed by atoms with van der Waals surface area (Å²) >= 11 is 12.7. The summed E-state index contributed by atoms with van der Waals surface area (Å²) in [5.41, 5.74) is 0.322. The second kappa shape index (κ2) is 15.4.